The first-order chi connectivity index (χ1) is 8.02. The van der Waals surface area contributed by atoms with Crippen LogP contribution in [0.25, 0.3) is 0 Å². The molecule has 1 aliphatic heterocycles. The fourth-order valence-electron chi connectivity index (χ4n) is 1.55. The first-order valence-electron chi connectivity index (χ1n) is 5.42. The lowest BCUT2D eigenvalue weighted by Gasteiger charge is -2.24. The third-order valence-electron chi connectivity index (χ3n) is 2.34. The number of amides is 2. The Morgan fingerprint density at radius 3 is 2.94 bits per heavy atom. The number of thiocarbonyl (C=S) groups is 1. The van der Waals surface area contributed by atoms with Crippen LogP contribution in [-0.2, 0) is 14.3 Å². The zero-order valence-electron chi connectivity index (χ0n) is 9.91. The van der Waals surface area contributed by atoms with Crippen molar-refractivity contribution in [2.75, 3.05) is 13.7 Å². The van der Waals surface area contributed by atoms with E-state index >= 15 is 0 Å². The third-order valence-corrected chi connectivity index (χ3v) is 2.57. The number of piperidine rings is 1. The van der Waals surface area contributed by atoms with Gasteiger partial charge in [0.15, 0.2) is 5.11 Å². The number of methoxy groups -OCH3 is 1. The van der Waals surface area contributed by atoms with Crippen molar-refractivity contribution in [3.05, 3.63) is 0 Å². The van der Waals surface area contributed by atoms with E-state index in [2.05, 4.69) is 16.0 Å². The van der Waals surface area contributed by atoms with E-state index in [1.165, 1.54) is 0 Å². The molecule has 0 aromatic heterocycles. The van der Waals surface area contributed by atoms with E-state index in [1.54, 1.807) is 7.11 Å². The summed E-state index contributed by atoms with van der Waals surface area (Å²) in [4.78, 5) is 22.4. The molecule has 0 radical (unpaired) electrons. The number of ether oxygens (including phenoxy) is 1. The van der Waals surface area contributed by atoms with Crippen molar-refractivity contribution >= 4 is 29.1 Å². The van der Waals surface area contributed by atoms with Crippen LogP contribution in [0.1, 0.15) is 19.8 Å². The summed E-state index contributed by atoms with van der Waals surface area (Å²) in [7, 11) is 1.61. The molecule has 0 bridgehead atoms. The van der Waals surface area contributed by atoms with E-state index in [4.69, 9.17) is 17.0 Å². The van der Waals surface area contributed by atoms with Crippen molar-refractivity contribution in [2.24, 2.45) is 0 Å². The van der Waals surface area contributed by atoms with Crippen LogP contribution >= 0.6 is 12.2 Å². The number of rotatable bonds is 4. The first kappa shape index (κ1) is 13.9. The molecule has 7 heteroatoms. The van der Waals surface area contributed by atoms with Gasteiger partial charge in [-0.2, -0.15) is 0 Å². The monoisotopic (exact) mass is 259 g/mol. The van der Waals surface area contributed by atoms with Crippen molar-refractivity contribution in [1.29, 1.82) is 0 Å². The molecular formula is C10H17N3O3S. The maximum Gasteiger partial charge on any atom is 0.249 e. The van der Waals surface area contributed by atoms with Gasteiger partial charge in [-0.25, -0.2) is 0 Å². The minimum Gasteiger partial charge on any atom is -0.383 e. The summed E-state index contributed by atoms with van der Waals surface area (Å²) in [6.07, 6.45) is 0.796. The van der Waals surface area contributed by atoms with Gasteiger partial charge in [-0.3, -0.25) is 14.9 Å². The lowest BCUT2D eigenvalue weighted by molar-refractivity contribution is -0.134. The molecule has 2 amide bonds. The molecule has 17 heavy (non-hydrogen) atoms. The number of hydrogen-bond donors (Lipinski definition) is 3. The summed E-state index contributed by atoms with van der Waals surface area (Å²) in [5.74, 6) is -0.565. The normalized spacial score (nSPS) is 21.6. The van der Waals surface area contributed by atoms with E-state index in [0.717, 1.165) is 0 Å². The molecule has 2 atom stereocenters. The molecular weight excluding hydrogens is 242 g/mol. The van der Waals surface area contributed by atoms with Crippen LogP contribution in [0.2, 0.25) is 0 Å². The van der Waals surface area contributed by atoms with Crippen LogP contribution in [0.15, 0.2) is 0 Å². The Morgan fingerprint density at radius 2 is 2.35 bits per heavy atom. The molecule has 0 spiro atoms. The molecule has 1 saturated heterocycles. The lowest BCUT2D eigenvalue weighted by Crippen LogP contribution is -2.55. The quantitative estimate of drug-likeness (QED) is 0.457. The van der Waals surface area contributed by atoms with E-state index in [-0.39, 0.29) is 17.9 Å². The molecule has 6 nitrogen and oxygen atoms in total. The van der Waals surface area contributed by atoms with Gasteiger partial charge in [0.05, 0.1) is 6.61 Å². The Labute approximate surface area is 105 Å². The van der Waals surface area contributed by atoms with Crippen LogP contribution in [0.4, 0.5) is 0 Å². The molecule has 0 aliphatic carbocycles. The summed E-state index contributed by atoms with van der Waals surface area (Å²) in [5.41, 5.74) is 0. The summed E-state index contributed by atoms with van der Waals surface area (Å²) < 4.78 is 4.96. The van der Waals surface area contributed by atoms with E-state index in [1.807, 2.05) is 6.92 Å². The molecule has 0 aromatic rings. The Kier molecular flexibility index (Phi) is 5.30. The summed E-state index contributed by atoms with van der Waals surface area (Å²) in [6, 6.07) is -0.379. The maximum atomic E-state index is 11.4. The second-order valence-corrected chi connectivity index (χ2v) is 4.39. The topological polar surface area (TPSA) is 79.5 Å². The van der Waals surface area contributed by atoms with Crippen molar-refractivity contribution < 1.29 is 14.3 Å². The summed E-state index contributed by atoms with van der Waals surface area (Å²) in [6.45, 7) is 2.44. The predicted octanol–water partition coefficient (Wildman–Crippen LogP) is -0.709. The molecule has 1 fully saturated rings. The van der Waals surface area contributed by atoms with Gasteiger partial charge in [0, 0.05) is 19.6 Å². The maximum absolute atomic E-state index is 11.4. The molecule has 1 rings (SSSR count). The highest BCUT2D eigenvalue weighted by Crippen LogP contribution is 2.03. The zero-order valence-corrected chi connectivity index (χ0v) is 10.7. The van der Waals surface area contributed by atoms with Gasteiger partial charge < -0.3 is 15.4 Å². The van der Waals surface area contributed by atoms with Crippen LogP contribution < -0.4 is 16.0 Å². The fourth-order valence-corrected chi connectivity index (χ4v) is 1.89. The van der Waals surface area contributed by atoms with Crippen molar-refractivity contribution in [3.63, 3.8) is 0 Å². The van der Waals surface area contributed by atoms with Gasteiger partial charge in [-0.05, 0) is 25.6 Å². The van der Waals surface area contributed by atoms with Gasteiger partial charge >= 0.3 is 0 Å². The Bertz CT molecular complexity index is 322. The number of hydrogen-bond acceptors (Lipinski definition) is 4. The lowest BCUT2D eigenvalue weighted by atomic mass is 10.1. The highest BCUT2D eigenvalue weighted by Gasteiger charge is 2.26. The van der Waals surface area contributed by atoms with E-state index in [0.29, 0.717) is 24.6 Å². The summed E-state index contributed by atoms with van der Waals surface area (Å²) in [5, 5.41) is 8.52. The molecule has 0 saturated carbocycles. The largest absolute Gasteiger partial charge is 0.383 e. The molecule has 1 aliphatic rings. The van der Waals surface area contributed by atoms with Crippen molar-refractivity contribution in [1.82, 2.24) is 16.0 Å². The standard InChI is InChI=1S/C10H17N3O3S/c1-6(5-16-2)11-10(17)12-7-3-4-8(14)13-9(7)15/h6-7H,3-5H2,1-2H3,(H2,11,12,17)(H,13,14,15). The van der Waals surface area contributed by atoms with Gasteiger partial charge in [0.25, 0.3) is 0 Å². The Hall–Kier alpha value is -1.21. The Morgan fingerprint density at radius 1 is 1.65 bits per heavy atom. The van der Waals surface area contributed by atoms with E-state index in [9.17, 15) is 9.59 Å². The molecule has 3 N–H and O–H groups in total. The highest BCUT2D eigenvalue weighted by molar-refractivity contribution is 7.80. The molecule has 1 heterocycles. The number of carbonyl (C=O) groups excluding carboxylic acids is 2. The van der Waals surface area contributed by atoms with Crippen LogP contribution in [0.5, 0.6) is 0 Å². The van der Waals surface area contributed by atoms with Crippen LogP contribution in [-0.4, -0.2) is 42.7 Å². The Balaban J connectivity index is 2.35. The SMILES string of the molecule is COCC(C)NC(=S)NC1CCC(=O)NC1=O. The number of nitrogens with one attached hydrogen (secondary N) is 3. The van der Waals surface area contributed by atoms with Gasteiger partial charge in [0.1, 0.15) is 6.04 Å². The molecule has 2 unspecified atom stereocenters. The second kappa shape index (κ2) is 6.51. The second-order valence-electron chi connectivity index (χ2n) is 3.98. The molecule has 0 aromatic carbocycles. The van der Waals surface area contributed by atoms with Crippen LogP contribution in [0, 0.1) is 0 Å². The number of carbonyl (C=O) groups is 2. The van der Waals surface area contributed by atoms with Gasteiger partial charge in [0.2, 0.25) is 11.8 Å². The van der Waals surface area contributed by atoms with Crippen molar-refractivity contribution in [2.45, 2.75) is 31.8 Å². The summed E-state index contributed by atoms with van der Waals surface area (Å²) >= 11 is 5.06. The average Bonchev–Trinajstić information content (AvgIpc) is 2.22. The first-order valence-corrected chi connectivity index (χ1v) is 5.83. The number of imide groups is 1. The zero-order chi connectivity index (χ0) is 12.8. The smallest absolute Gasteiger partial charge is 0.249 e. The highest BCUT2D eigenvalue weighted by atomic mass is 32.1. The van der Waals surface area contributed by atoms with Gasteiger partial charge in [-0.1, -0.05) is 0 Å². The minimum absolute atomic E-state index is 0.0632. The fraction of sp³-hybridized carbons (Fsp3) is 0.700. The minimum atomic E-state index is -0.442. The van der Waals surface area contributed by atoms with Crippen molar-refractivity contribution in [3.8, 4) is 0 Å². The van der Waals surface area contributed by atoms with Crippen LogP contribution in [0.3, 0.4) is 0 Å². The molecule has 96 valence electrons. The average molecular weight is 259 g/mol. The van der Waals surface area contributed by atoms with E-state index < -0.39 is 6.04 Å². The van der Waals surface area contributed by atoms with Gasteiger partial charge in [-0.15, -0.1) is 0 Å². The third kappa shape index (κ3) is 4.66. The predicted molar refractivity (Wildman–Crippen MR) is 66.4 cm³/mol.